The van der Waals surface area contributed by atoms with Gasteiger partial charge in [-0.15, -0.1) is 0 Å². The molecule has 0 spiro atoms. The fourth-order valence-electron chi connectivity index (χ4n) is 5.15. The van der Waals surface area contributed by atoms with E-state index in [4.69, 9.17) is 0 Å². The van der Waals surface area contributed by atoms with E-state index in [1.807, 2.05) is 24.3 Å². The molecule has 3 heterocycles. The molecule has 8 nitrogen and oxygen atoms in total. The van der Waals surface area contributed by atoms with Crippen LogP contribution in [0.5, 0.6) is 0 Å². The van der Waals surface area contributed by atoms with E-state index in [-0.39, 0.29) is 23.9 Å². The molecule has 33 heavy (non-hydrogen) atoms. The van der Waals surface area contributed by atoms with Crippen LogP contribution >= 0.6 is 0 Å². The highest BCUT2D eigenvalue weighted by Crippen LogP contribution is 2.27. The number of hydrogen-bond donors (Lipinski definition) is 1. The van der Waals surface area contributed by atoms with Crippen LogP contribution < -0.4 is 10.2 Å². The van der Waals surface area contributed by atoms with Crippen LogP contribution in [0.2, 0.25) is 0 Å². The zero-order valence-corrected chi connectivity index (χ0v) is 19.8. The highest BCUT2D eigenvalue weighted by molar-refractivity contribution is 6.04. The minimum atomic E-state index is -0.203. The molecule has 1 atom stereocenters. The Hall–Kier alpha value is -2.61. The first kappa shape index (κ1) is 23.5. The lowest BCUT2D eigenvalue weighted by Crippen LogP contribution is -2.47. The Morgan fingerprint density at radius 1 is 1.00 bits per heavy atom. The largest absolute Gasteiger partial charge is 0.368 e. The number of imide groups is 1. The van der Waals surface area contributed by atoms with Gasteiger partial charge in [0.15, 0.2) is 0 Å². The smallest absolute Gasteiger partial charge is 0.327 e. The maximum absolute atomic E-state index is 12.6. The summed E-state index contributed by atoms with van der Waals surface area (Å²) in [6.07, 6.45) is 5.59. The number of piperazine rings is 1. The maximum Gasteiger partial charge on any atom is 0.327 e. The second-order valence-electron chi connectivity index (χ2n) is 9.29. The van der Waals surface area contributed by atoms with Gasteiger partial charge in [-0.1, -0.05) is 19.1 Å². The Morgan fingerprint density at radius 3 is 2.52 bits per heavy atom. The molecule has 3 aliphatic heterocycles. The SMILES string of the molecule is CCCNC(=O)c1ccccc1N1CCN(CCCCN2C(=O)[C@H]3CCCCN3C2=O)CC1. The van der Waals surface area contributed by atoms with Crippen LogP contribution in [0, 0.1) is 0 Å². The first-order valence-electron chi connectivity index (χ1n) is 12.6. The average Bonchev–Trinajstić information content (AvgIpc) is 3.10. The van der Waals surface area contributed by atoms with Gasteiger partial charge in [-0.05, 0) is 57.2 Å². The van der Waals surface area contributed by atoms with E-state index in [2.05, 4.69) is 22.0 Å². The highest BCUT2D eigenvalue weighted by atomic mass is 16.2. The number of hydrogen-bond acceptors (Lipinski definition) is 5. The topological polar surface area (TPSA) is 76.2 Å². The summed E-state index contributed by atoms with van der Waals surface area (Å²) in [6, 6.07) is 7.56. The molecule has 3 aliphatic rings. The number of nitrogens with one attached hydrogen (secondary N) is 1. The van der Waals surface area contributed by atoms with Crippen molar-refractivity contribution in [3.05, 3.63) is 29.8 Å². The Balaban J connectivity index is 1.21. The lowest BCUT2D eigenvalue weighted by molar-refractivity contribution is -0.128. The minimum Gasteiger partial charge on any atom is -0.368 e. The van der Waals surface area contributed by atoms with Crippen molar-refractivity contribution in [2.75, 3.05) is 57.3 Å². The van der Waals surface area contributed by atoms with Crippen molar-refractivity contribution in [3.8, 4) is 0 Å². The molecular weight excluding hydrogens is 418 g/mol. The third kappa shape index (κ3) is 5.32. The summed E-state index contributed by atoms with van der Waals surface area (Å²) >= 11 is 0. The molecule has 0 aliphatic carbocycles. The number of piperidine rings is 1. The summed E-state index contributed by atoms with van der Waals surface area (Å²) in [5, 5.41) is 2.99. The van der Waals surface area contributed by atoms with Crippen LogP contribution in [-0.4, -0.2) is 90.9 Å². The van der Waals surface area contributed by atoms with Crippen LogP contribution in [0.15, 0.2) is 24.3 Å². The molecule has 8 heteroatoms. The van der Waals surface area contributed by atoms with Gasteiger partial charge in [-0.3, -0.25) is 19.4 Å². The van der Waals surface area contributed by atoms with Crippen molar-refractivity contribution >= 4 is 23.5 Å². The molecule has 4 amide bonds. The number of nitrogens with zero attached hydrogens (tertiary/aromatic N) is 4. The molecule has 1 aromatic rings. The summed E-state index contributed by atoms with van der Waals surface area (Å²) < 4.78 is 0. The van der Waals surface area contributed by atoms with Crippen LogP contribution in [-0.2, 0) is 4.79 Å². The summed E-state index contributed by atoms with van der Waals surface area (Å²) in [5.74, 6) is 0.00649. The molecule has 0 radical (unpaired) electrons. The van der Waals surface area contributed by atoms with E-state index in [0.29, 0.717) is 13.1 Å². The monoisotopic (exact) mass is 455 g/mol. The molecule has 3 saturated heterocycles. The summed E-state index contributed by atoms with van der Waals surface area (Å²) in [7, 11) is 0. The fraction of sp³-hybridized carbons (Fsp3) is 0.640. The number of carbonyl (C=O) groups excluding carboxylic acids is 3. The van der Waals surface area contributed by atoms with E-state index in [0.717, 1.165) is 89.0 Å². The van der Waals surface area contributed by atoms with Gasteiger partial charge in [0.1, 0.15) is 6.04 Å². The first-order valence-corrected chi connectivity index (χ1v) is 12.6. The molecule has 0 aromatic heterocycles. The van der Waals surface area contributed by atoms with Crippen molar-refractivity contribution in [3.63, 3.8) is 0 Å². The maximum atomic E-state index is 12.6. The van der Waals surface area contributed by atoms with Gasteiger partial charge in [-0.2, -0.15) is 0 Å². The fourth-order valence-corrected chi connectivity index (χ4v) is 5.15. The zero-order valence-electron chi connectivity index (χ0n) is 19.8. The second-order valence-corrected chi connectivity index (χ2v) is 9.29. The number of urea groups is 1. The minimum absolute atomic E-state index is 0.00273. The normalized spacial score (nSPS) is 21.5. The van der Waals surface area contributed by atoms with Crippen molar-refractivity contribution < 1.29 is 14.4 Å². The van der Waals surface area contributed by atoms with Crippen LogP contribution in [0.3, 0.4) is 0 Å². The molecule has 4 rings (SSSR count). The lowest BCUT2D eigenvalue weighted by atomic mass is 10.0. The first-order chi connectivity index (χ1) is 16.1. The number of amides is 4. The Kier molecular flexibility index (Phi) is 7.85. The predicted molar refractivity (Wildman–Crippen MR) is 128 cm³/mol. The number of para-hydroxylation sites is 1. The molecule has 1 N–H and O–H groups in total. The van der Waals surface area contributed by atoms with Crippen molar-refractivity contribution in [2.45, 2.75) is 51.5 Å². The van der Waals surface area contributed by atoms with Gasteiger partial charge in [-0.25, -0.2) is 4.79 Å². The molecule has 0 saturated carbocycles. The number of unbranched alkanes of at least 4 members (excludes halogenated alkanes) is 1. The third-order valence-corrected chi connectivity index (χ3v) is 7.03. The van der Waals surface area contributed by atoms with E-state index in [9.17, 15) is 14.4 Å². The van der Waals surface area contributed by atoms with Gasteiger partial charge < -0.3 is 15.1 Å². The lowest BCUT2D eigenvalue weighted by Gasteiger charge is -2.37. The molecular formula is C25H37N5O3. The van der Waals surface area contributed by atoms with E-state index in [1.165, 1.54) is 4.90 Å². The van der Waals surface area contributed by atoms with Gasteiger partial charge in [0, 0.05) is 51.5 Å². The van der Waals surface area contributed by atoms with Crippen molar-refractivity contribution in [1.82, 2.24) is 20.0 Å². The van der Waals surface area contributed by atoms with Crippen molar-refractivity contribution in [1.29, 1.82) is 0 Å². The molecule has 1 aromatic carbocycles. The Labute approximate surface area is 196 Å². The third-order valence-electron chi connectivity index (χ3n) is 7.03. The van der Waals surface area contributed by atoms with Crippen LogP contribution in [0.25, 0.3) is 0 Å². The van der Waals surface area contributed by atoms with Gasteiger partial charge in [0.05, 0.1) is 5.56 Å². The number of anilines is 1. The van der Waals surface area contributed by atoms with Crippen molar-refractivity contribution in [2.24, 2.45) is 0 Å². The van der Waals surface area contributed by atoms with E-state index in [1.54, 1.807) is 4.90 Å². The zero-order chi connectivity index (χ0) is 23.2. The number of benzene rings is 1. The van der Waals surface area contributed by atoms with Crippen LogP contribution in [0.4, 0.5) is 10.5 Å². The Morgan fingerprint density at radius 2 is 1.76 bits per heavy atom. The van der Waals surface area contributed by atoms with Gasteiger partial charge in [0.25, 0.3) is 11.8 Å². The quantitative estimate of drug-likeness (QED) is 0.458. The van der Waals surface area contributed by atoms with Crippen LogP contribution in [0.1, 0.15) is 55.8 Å². The van der Waals surface area contributed by atoms with E-state index >= 15 is 0 Å². The summed E-state index contributed by atoms with van der Waals surface area (Å²) in [4.78, 5) is 45.6. The number of carbonyl (C=O) groups is 3. The highest BCUT2D eigenvalue weighted by Gasteiger charge is 2.45. The predicted octanol–water partition coefficient (Wildman–Crippen LogP) is 2.55. The average molecular weight is 456 g/mol. The molecule has 3 fully saturated rings. The van der Waals surface area contributed by atoms with Gasteiger partial charge >= 0.3 is 6.03 Å². The molecule has 0 unspecified atom stereocenters. The molecule has 180 valence electrons. The van der Waals surface area contributed by atoms with Gasteiger partial charge in [0.2, 0.25) is 0 Å². The summed E-state index contributed by atoms with van der Waals surface area (Å²) in [5.41, 5.74) is 1.75. The summed E-state index contributed by atoms with van der Waals surface area (Å²) in [6.45, 7) is 8.63. The molecule has 0 bridgehead atoms. The van der Waals surface area contributed by atoms with E-state index < -0.39 is 0 Å². The number of fused-ring (bicyclic) bond motifs is 1. The number of rotatable bonds is 9. The second kappa shape index (κ2) is 11.0. The Bertz CT molecular complexity index is 828. The standard InChI is InChI=1S/C25H37N5O3/c1-2-12-26-23(31)20-9-3-4-10-21(20)28-18-16-27(17-19-28)13-7-8-15-30-24(32)22-11-5-6-14-29(22)25(30)33/h3-4,9-10,22H,2,5-8,11-19H2,1H3,(H,26,31)/t22-/m1/s1.